The van der Waals surface area contributed by atoms with E-state index in [9.17, 15) is 17.6 Å². The van der Waals surface area contributed by atoms with E-state index in [0.29, 0.717) is 32.0 Å². The number of piperidine rings is 1. The Labute approximate surface area is 165 Å². The molecule has 0 bridgehead atoms. The smallest absolute Gasteiger partial charge is 0.243 e. The van der Waals surface area contributed by atoms with Gasteiger partial charge < -0.3 is 5.32 Å². The highest BCUT2D eigenvalue weighted by molar-refractivity contribution is 7.89. The van der Waals surface area contributed by atoms with E-state index >= 15 is 0 Å². The molecule has 150 valence electrons. The summed E-state index contributed by atoms with van der Waals surface area (Å²) in [6, 6.07) is 14.7. The molecule has 3 rings (SSSR count). The monoisotopic (exact) mass is 404 g/mol. The number of carbonyl (C=O) groups is 1. The molecule has 0 saturated carbocycles. The van der Waals surface area contributed by atoms with E-state index in [-0.39, 0.29) is 10.8 Å². The van der Waals surface area contributed by atoms with Crippen LogP contribution in [0.5, 0.6) is 0 Å². The van der Waals surface area contributed by atoms with Gasteiger partial charge in [-0.05, 0) is 55.0 Å². The fraction of sp³-hybridized carbons (Fsp3) is 0.381. The lowest BCUT2D eigenvalue weighted by atomic mass is 9.93. The predicted molar refractivity (Wildman–Crippen MR) is 105 cm³/mol. The third kappa shape index (κ3) is 5.39. The van der Waals surface area contributed by atoms with E-state index in [1.54, 1.807) is 0 Å². The molecule has 2 aromatic rings. The number of hydrogen-bond donors (Lipinski definition) is 1. The SMILES string of the molecule is O=C(CCC1CCN(S(=O)(=O)c2ccc(F)cc2)CC1)NCc1ccccc1. The van der Waals surface area contributed by atoms with Crippen LogP contribution in [0.2, 0.25) is 0 Å². The van der Waals surface area contributed by atoms with E-state index in [2.05, 4.69) is 5.32 Å². The second kappa shape index (κ2) is 9.30. The van der Waals surface area contributed by atoms with Gasteiger partial charge in [-0.3, -0.25) is 4.79 Å². The molecular formula is C21H25FN2O3S. The minimum absolute atomic E-state index is 0.0187. The Morgan fingerprint density at radius 3 is 2.32 bits per heavy atom. The first kappa shape index (κ1) is 20.5. The summed E-state index contributed by atoms with van der Waals surface area (Å²) in [5.41, 5.74) is 1.06. The Hall–Kier alpha value is -2.25. The summed E-state index contributed by atoms with van der Waals surface area (Å²) < 4.78 is 39.7. The molecule has 1 aliphatic rings. The van der Waals surface area contributed by atoms with Gasteiger partial charge in [0.05, 0.1) is 4.90 Å². The summed E-state index contributed by atoms with van der Waals surface area (Å²) in [4.78, 5) is 12.2. The standard InChI is InChI=1S/C21H25FN2O3S/c22-19-7-9-20(10-8-19)28(26,27)24-14-12-17(13-15-24)6-11-21(25)23-16-18-4-2-1-3-5-18/h1-5,7-10,17H,6,11-16H2,(H,23,25). The molecule has 1 fully saturated rings. The van der Waals surface area contributed by atoms with Crippen molar-refractivity contribution in [2.45, 2.75) is 37.1 Å². The topological polar surface area (TPSA) is 66.5 Å². The van der Waals surface area contributed by atoms with Crippen molar-refractivity contribution in [3.8, 4) is 0 Å². The maximum Gasteiger partial charge on any atom is 0.243 e. The van der Waals surface area contributed by atoms with E-state index in [0.717, 1.165) is 37.0 Å². The Kier molecular flexibility index (Phi) is 6.80. The molecule has 1 aliphatic heterocycles. The lowest BCUT2D eigenvalue weighted by Crippen LogP contribution is -2.38. The van der Waals surface area contributed by atoms with Crippen LogP contribution in [0.15, 0.2) is 59.5 Å². The van der Waals surface area contributed by atoms with E-state index < -0.39 is 15.8 Å². The number of nitrogens with one attached hydrogen (secondary N) is 1. The van der Waals surface area contributed by atoms with Crippen molar-refractivity contribution >= 4 is 15.9 Å². The Morgan fingerprint density at radius 2 is 1.68 bits per heavy atom. The van der Waals surface area contributed by atoms with Crippen LogP contribution in [0, 0.1) is 11.7 Å². The molecule has 1 N–H and O–H groups in total. The van der Waals surface area contributed by atoms with Gasteiger partial charge in [0.15, 0.2) is 0 Å². The van der Waals surface area contributed by atoms with Gasteiger partial charge in [0.2, 0.25) is 15.9 Å². The van der Waals surface area contributed by atoms with Crippen molar-refractivity contribution in [3.63, 3.8) is 0 Å². The summed E-state index contributed by atoms with van der Waals surface area (Å²) in [7, 11) is -3.59. The van der Waals surface area contributed by atoms with Crippen molar-refractivity contribution < 1.29 is 17.6 Å². The zero-order valence-electron chi connectivity index (χ0n) is 15.7. The van der Waals surface area contributed by atoms with Crippen LogP contribution in [0.1, 0.15) is 31.2 Å². The zero-order chi connectivity index (χ0) is 20.0. The van der Waals surface area contributed by atoms with Gasteiger partial charge in [0.1, 0.15) is 5.82 Å². The van der Waals surface area contributed by atoms with Crippen molar-refractivity contribution in [3.05, 3.63) is 66.0 Å². The summed E-state index contributed by atoms with van der Waals surface area (Å²) >= 11 is 0. The molecule has 1 heterocycles. The third-order valence-corrected chi connectivity index (χ3v) is 7.05. The van der Waals surface area contributed by atoms with E-state index in [4.69, 9.17) is 0 Å². The highest BCUT2D eigenvalue weighted by Crippen LogP contribution is 2.26. The molecule has 5 nitrogen and oxygen atoms in total. The number of hydrogen-bond acceptors (Lipinski definition) is 3. The second-order valence-electron chi connectivity index (χ2n) is 7.10. The number of halogens is 1. The van der Waals surface area contributed by atoms with Gasteiger partial charge >= 0.3 is 0 Å². The van der Waals surface area contributed by atoms with Gasteiger partial charge in [-0.15, -0.1) is 0 Å². The average Bonchev–Trinajstić information content (AvgIpc) is 2.72. The molecule has 0 spiro atoms. The van der Waals surface area contributed by atoms with Gasteiger partial charge in [0, 0.05) is 26.1 Å². The molecule has 0 aromatic heterocycles. The minimum atomic E-state index is -3.59. The maximum absolute atomic E-state index is 13.0. The van der Waals surface area contributed by atoms with Gasteiger partial charge in [0.25, 0.3) is 0 Å². The van der Waals surface area contributed by atoms with Crippen LogP contribution < -0.4 is 5.32 Å². The van der Waals surface area contributed by atoms with Crippen molar-refractivity contribution in [1.82, 2.24) is 9.62 Å². The minimum Gasteiger partial charge on any atom is -0.352 e. The maximum atomic E-state index is 13.0. The molecule has 0 radical (unpaired) electrons. The summed E-state index contributed by atoms with van der Waals surface area (Å²) in [6.07, 6.45) is 2.66. The molecule has 0 aliphatic carbocycles. The highest BCUT2D eigenvalue weighted by Gasteiger charge is 2.29. The molecule has 1 saturated heterocycles. The number of carbonyl (C=O) groups excluding carboxylic acids is 1. The fourth-order valence-electron chi connectivity index (χ4n) is 3.41. The van der Waals surface area contributed by atoms with Crippen LogP contribution in [-0.4, -0.2) is 31.7 Å². The van der Waals surface area contributed by atoms with Gasteiger partial charge in [-0.1, -0.05) is 30.3 Å². The van der Waals surface area contributed by atoms with E-state index in [1.807, 2.05) is 30.3 Å². The summed E-state index contributed by atoms with van der Waals surface area (Å²) in [5.74, 6) is -0.101. The second-order valence-corrected chi connectivity index (χ2v) is 9.04. The summed E-state index contributed by atoms with van der Waals surface area (Å²) in [5, 5.41) is 2.92. The first-order chi connectivity index (χ1) is 13.4. The Morgan fingerprint density at radius 1 is 1.04 bits per heavy atom. The van der Waals surface area contributed by atoms with Crippen molar-refractivity contribution in [2.75, 3.05) is 13.1 Å². The van der Waals surface area contributed by atoms with Crippen LogP contribution in [0.4, 0.5) is 4.39 Å². The van der Waals surface area contributed by atoms with Crippen LogP contribution in [0.3, 0.4) is 0 Å². The molecule has 0 unspecified atom stereocenters. The molecule has 0 atom stereocenters. The van der Waals surface area contributed by atoms with E-state index in [1.165, 1.54) is 16.4 Å². The van der Waals surface area contributed by atoms with Crippen molar-refractivity contribution in [1.29, 1.82) is 0 Å². The first-order valence-electron chi connectivity index (χ1n) is 9.51. The Bertz CT molecular complexity index is 878. The lowest BCUT2D eigenvalue weighted by molar-refractivity contribution is -0.121. The number of amides is 1. The number of nitrogens with zero attached hydrogens (tertiary/aromatic N) is 1. The first-order valence-corrected chi connectivity index (χ1v) is 11.0. The van der Waals surface area contributed by atoms with Crippen molar-refractivity contribution in [2.24, 2.45) is 5.92 Å². The highest BCUT2D eigenvalue weighted by atomic mass is 32.2. The Balaban J connectivity index is 1.42. The quantitative estimate of drug-likeness (QED) is 0.770. The summed E-state index contributed by atoms with van der Waals surface area (Å²) in [6.45, 7) is 1.38. The third-order valence-electron chi connectivity index (χ3n) is 5.14. The van der Waals surface area contributed by atoms with Gasteiger partial charge in [-0.2, -0.15) is 4.31 Å². The largest absolute Gasteiger partial charge is 0.352 e. The number of benzene rings is 2. The number of rotatable bonds is 7. The molecule has 2 aromatic carbocycles. The zero-order valence-corrected chi connectivity index (χ0v) is 16.5. The molecular weight excluding hydrogens is 379 g/mol. The molecule has 1 amide bonds. The normalized spacial score (nSPS) is 16.0. The predicted octanol–water partition coefficient (Wildman–Crippen LogP) is 3.32. The lowest BCUT2D eigenvalue weighted by Gasteiger charge is -2.31. The molecule has 28 heavy (non-hydrogen) atoms. The van der Waals surface area contributed by atoms with Crippen LogP contribution >= 0.6 is 0 Å². The average molecular weight is 405 g/mol. The van der Waals surface area contributed by atoms with Crippen LogP contribution in [0.25, 0.3) is 0 Å². The fourth-order valence-corrected chi connectivity index (χ4v) is 4.88. The number of sulfonamides is 1. The van der Waals surface area contributed by atoms with Gasteiger partial charge in [-0.25, -0.2) is 12.8 Å². The van der Waals surface area contributed by atoms with Crippen LogP contribution in [-0.2, 0) is 21.4 Å². The molecule has 7 heteroatoms.